The third-order valence-electron chi connectivity index (χ3n) is 1.31. The van der Waals surface area contributed by atoms with Gasteiger partial charge in [0.05, 0.1) is 0 Å². The number of hydrogen-bond donors (Lipinski definition) is 1. The fourth-order valence-electron chi connectivity index (χ4n) is 0.774. The Morgan fingerprint density at radius 3 is 2.55 bits per heavy atom. The first-order valence-corrected chi connectivity index (χ1v) is 4.30. The van der Waals surface area contributed by atoms with Crippen LogP contribution in [0, 0.1) is 0 Å². The minimum atomic E-state index is -0.214. The number of rotatable bonds is 3. The molecule has 0 saturated carbocycles. The van der Waals surface area contributed by atoms with Gasteiger partial charge in [-0.05, 0) is 5.56 Å². The van der Waals surface area contributed by atoms with Crippen molar-refractivity contribution in [2.24, 2.45) is 0 Å². The second-order valence-corrected chi connectivity index (χ2v) is 2.73. The molecule has 0 heterocycles. The molecule has 1 atom stereocenters. The van der Waals surface area contributed by atoms with E-state index in [4.69, 9.17) is 16.3 Å². The fourth-order valence-corrected chi connectivity index (χ4v) is 1.23. The third kappa shape index (κ3) is 2.73. The molecular formula is C8H9ClOS. The summed E-state index contributed by atoms with van der Waals surface area (Å²) in [5.41, 5.74) is 0.810. The van der Waals surface area contributed by atoms with E-state index >= 15 is 0 Å². The Morgan fingerprint density at radius 2 is 2.00 bits per heavy atom. The molecule has 0 spiro atoms. The largest absolute Gasteiger partial charge is 0.347 e. The van der Waals surface area contributed by atoms with E-state index in [1.807, 2.05) is 30.3 Å². The standard InChI is InChI=1S/C8H9ClOS/c9-6-10-8(11)7-4-2-1-3-5-7/h1-5,8,11H,6H2. The number of halogens is 1. The fraction of sp³-hybridized carbons (Fsp3) is 0.250. The average Bonchev–Trinajstić information content (AvgIpc) is 2.07. The van der Waals surface area contributed by atoms with E-state index in [1.54, 1.807) is 0 Å². The first-order valence-electron chi connectivity index (χ1n) is 3.25. The second kappa shape index (κ2) is 4.65. The summed E-state index contributed by atoms with van der Waals surface area (Å²) in [6.45, 7) is 0. The van der Waals surface area contributed by atoms with Gasteiger partial charge in [0.2, 0.25) is 0 Å². The van der Waals surface area contributed by atoms with Crippen LogP contribution < -0.4 is 0 Å². The van der Waals surface area contributed by atoms with Crippen molar-refractivity contribution in [1.29, 1.82) is 0 Å². The summed E-state index contributed by atoms with van der Waals surface area (Å²) in [5.74, 6) is 0. The molecule has 0 aliphatic carbocycles. The third-order valence-corrected chi connectivity index (χ3v) is 1.88. The van der Waals surface area contributed by atoms with Crippen molar-refractivity contribution in [3.8, 4) is 0 Å². The van der Waals surface area contributed by atoms with Crippen LogP contribution in [-0.4, -0.2) is 6.07 Å². The van der Waals surface area contributed by atoms with Crippen molar-refractivity contribution in [2.75, 3.05) is 6.07 Å². The molecule has 3 heteroatoms. The highest BCUT2D eigenvalue weighted by atomic mass is 35.5. The van der Waals surface area contributed by atoms with Gasteiger partial charge in [-0.25, -0.2) is 0 Å². The summed E-state index contributed by atoms with van der Waals surface area (Å²) in [6, 6.07) is 9.90. The number of hydrogen-bond acceptors (Lipinski definition) is 2. The molecule has 0 bridgehead atoms. The van der Waals surface area contributed by atoms with Crippen LogP contribution >= 0.6 is 24.2 Å². The Balaban J connectivity index is 2.61. The van der Waals surface area contributed by atoms with Crippen molar-refractivity contribution < 1.29 is 4.74 Å². The van der Waals surface area contributed by atoms with Gasteiger partial charge in [0, 0.05) is 0 Å². The van der Waals surface area contributed by atoms with Gasteiger partial charge in [0.1, 0.15) is 11.5 Å². The summed E-state index contributed by atoms with van der Waals surface area (Å²) in [6.07, 6.45) is 0. The maximum atomic E-state index is 5.38. The lowest BCUT2D eigenvalue weighted by atomic mass is 10.2. The molecule has 1 aromatic rings. The average molecular weight is 189 g/mol. The van der Waals surface area contributed by atoms with Gasteiger partial charge in [-0.3, -0.25) is 0 Å². The zero-order valence-electron chi connectivity index (χ0n) is 5.90. The molecule has 1 nitrogen and oxygen atoms in total. The SMILES string of the molecule is SC(OCCl)c1ccccc1. The van der Waals surface area contributed by atoms with Crippen molar-refractivity contribution in [3.63, 3.8) is 0 Å². The molecule has 0 aromatic heterocycles. The van der Waals surface area contributed by atoms with Crippen LogP contribution in [0.4, 0.5) is 0 Å². The highest BCUT2D eigenvalue weighted by Crippen LogP contribution is 2.20. The Labute approximate surface area is 76.7 Å². The maximum absolute atomic E-state index is 5.38. The predicted molar refractivity (Wildman–Crippen MR) is 50.0 cm³/mol. The predicted octanol–water partition coefficient (Wildman–Crippen LogP) is 2.83. The number of ether oxygens (including phenoxy) is 1. The van der Waals surface area contributed by atoms with E-state index < -0.39 is 0 Å². The van der Waals surface area contributed by atoms with Gasteiger partial charge in [0.15, 0.2) is 0 Å². The first kappa shape index (κ1) is 8.91. The highest BCUT2D eigenvalue weighted by molar-refractivity contribution is 7.80. The Kier molecular flexibility index (Phi) is 3.77. The molecule has 1 rings (SSSR count). The zero-order chi connectivity index (χ0) is 8.10. The molecule has 0 amide bonds. The van der Waals surface area contributed by atoms with Crippen LogP contribution in [-0.2, 0) is 4.74 Å². The van der Waals surface area contributed by atoms with Crippen LogP contribution in [0.15, 0.2) is 30.3 Å². The molecule has 1 aromatic carbocycles. The lowest BCUT2D eigenvalue weighted by Gasteiger charge is -2.08. The van der Waals surface area contributed by atoms with Gasteiger partial charge < -0.3 is 4.74 Å². The maximum Gasteiger partial charge on any atom is 0.127 e. The summed E-state index contributed by atoms with van der Waals surface area (Å²) in [7, 11) is 0. The summed E-state index contributed by atoms with van der Waals surface area (Å²) in [4.78, 5) is 0. The Hall–Kier alpha value is -0.180. The van der Waals surface area contributed by atoms with E-state index in [0.717, 1.165) is 5.56 Å². The lowest BCUT2D eigenvalue weighted by Crippen LogP contribution is -1.94. The van der Waals surface area contributed by atoms with Crippen molar-refractivity contribution in [2.45, 2.75) is 5.44 Å². The monoisotopic (exact) mass is 188 g/mol. The van der Waals surface area contributed by atoms with Crippen molar-refractivity contribution >= 4 is 24.2 Å². The van der Waals surface area contributed by atoms with E-state index in [-0.39, 0.29) is 11.5 Å². The minimum absolute atomic E-state index is 0.170. The number of thiol groups is 1. The quantitative estimate of drug-likeness (QED) is 0.436. The Morgan fingerprint density at radius 1 is 1.36 bits per heavy atom. The second-order valence-electron chi connectivity index (χ2n) is 2.04. The van der Waals surface area contributed by atoms with E-state index in [9.17, 15) is 0 Å². The van der Waals surface area contributed by atoms with E-state index in [2.05, 4.69) is 12.6 Å². The van der Waals surface area contributed by atoms with Crippen LogP contribution in [0.1, 0.15) is 11.0 Å². The van der Waals surface area contributed by atoms with Gasteiger partial charge in [-0.15, -0.1) is 12.6 Å². The van der Waals surface area contributed by atoms with Gasteiger partial charge in [-0.1, -0.05) is 41.9 Å². The molecule has 0 aliphatic rings. The molecule has 0 saturated heterocycles. The van der Waals surface area contributed by atoms with Crippen LogP contribution in [0.2, 0.25) is 0 Å². The highest BCUT2D eigenvalue weighted by Gasteiger charge is 2.03. The van der Waals surface area contributed by atoms with Crippen LogP contribution in [0.3, 0.4) is 0 Å². The number of alkyl halides is 1. The molecule has 0 aliphatic heterocycles. The Bertz CT molecular complexity index is 203. The molecule has 0 fully saturated rings. The molecule has 11 heavy (non-hydrogen) atoms. The minimum Gasteiger partial charge on any atom is -0.347 e. The van der Waals surface area contributed by atoms with Crippen LogP contribution in [0.25, 0.3) is 0 Å². The molecule has 0 N–H and O–H groups in total. The topological polar surface area (TPSA) is 9.23 Å². The summed E-state index contributed by atoms with van der Waals surface area (Å²) >= 11 is 9.57. The summed E-state index contributed by atoms with van der Waals surface area (Å²) < 4.78 is 5.06. The smallest absolute Gasteiger partial charge is 0.127 e. The lowest BCUT2D eigenvalue weighted by molar-refractivity contribution is 0.158. The van der Waals surface area contributed by atoms with Gasteiger partial charge in [0.25, 0.3) is 0 Å². The summed E-state index contributed by atoms with van der Waals surface area (Å²) in [5, 5.41) is 0. The van der Waals surface area contributed by atoms with E-state index in [0.29, 0.717) is 0 Å². The van der Waals surface area contributed by atoms with E-state index in [1.165, 1.54) is 0 Å². The molecule has 0 radical (unpaired) electrons. The molecular weight excluding hydrogens is 180 g/mol. The van der Waals surface area contributed by atoms with Crippen LogP contribution in [0.5, 0.6) is 0 Å². The first-order chi connectivity index (χ1) is 5.34. The molecule has 60 valence electrons. The zero-order valence-corrected chi connectivity index (χ0v) is 7.55. The van der Waals surface area contributed by atoms with Crippen molar-refractivity contribution in [1.82, 2.24) is 0 Å². The molecule has 1 unspecified atom stereocenters. The normalized spacial score (nSPS) is 12.9. The van der Waals surface area contributed by atoms with Gasteiger partial charge in [-0.2, -0.15) is 0 Å². The van der Waals surface area contributed by atoms with Crippen molar-refractivity contribution in [3.05, 3.63) is 35.9 Å². The number of benzene rings is 1. The van der Waals surface area contributed by atoms with Gasteiger partial charge >= 0.3 is 0 Å².